The van der Waals surface area contributed by atoms with E-state index in [9.17, 15) is 9.18 Å². The molecule has 3 aromatic rings. The molecule has 1 amide bonds. The summed E-state index contributed by atoms with van der Waals surface area (Å²) in [7, 11) is 3.18. The van der Waals surface area contributed by atoms with Crippen LogP contribution in [0.5, 0.6) is 11.5 Å². The molecule has 1 aliphatic heterocycles. The first kappa shape index (κ1) is 19.9. The summed E-state index contributed by atoms with van der Waals surface area (Å²) in [4.78, 5) is 19.4. The number of aromatic nitrogens is 3. The van der Waals surface area contributed by atoms with Crippen molar-refractivity contribution < 1.29 is 18.7 Å². The molecule has 156 valence electrons. The van der Waals surface area contributed by atoms with Gasteiger partial charge in [-0.2, -0.15) is 0 Å². The second-order valence-corrected chi connectivity index (χ2v) is 7.14. The molecule has 0 unspecified atom stereocenters. The van der Waals surface area contributed by atoms with E-state index in [1.165, 1.54) is 12.1 Å². The monoisotopic (exact) mass is 410 g/mol. The van der Waals surface area contributed by atoms with Gasteiger partial charge in [0.05, 0.1) is 25.9 Å². The fourth-order valence-corrected chi connectivity index (χ4v) is 3.85. The van der Waals surface area contributed by atoms with Crippen LogP contribution in [0.4, 0.5) is 4.39 Å². The average molecular weight is 410 g/mol. The van der Waals surface area contributed by atoms with Gasteiger partial charge in [0.15, 0.2) is 11.5 Å². The van der Waals surface area contributed by atoms with Gasteiger partial charge in [-0.05, 0) is 61.7 Å². The van der Waals surface area contributed by atoms with Crippen molar-refractivity contribution in [1.82, 2.24) is 19.7 Å². The number of benzene rings is 2. The average Bonchev–Trinajstić information content (AvgIpc) is 3.40. The molecule has 30 heavy (non-hydrogen) atoms. The minimum Gasteiger partial charge on any atom is -0.493 e. The molecule has 1 aliphatic rings. The summed E-state index contributed by atoms with van der Waals surface area (Å²) in [5, 5.41) is 4.39. The van der Waals surface area contributed by atoms with Crippen LogP contribution in [-0.2, 0) is 0 Å². The van der Waals surface area contributed by atoms with E-state index < -0.39 is 0 Å². The van der Waals surface area contributed by atoms with E-state index in [-0.39, 0.29) is 23.6 Å². The Morgan fingerprint density at radius 1 is 1.10 bits per heavy atom. The first-order chi connectivity index (χ1) is 14.5. The lowest BCUT2D eigenvalue weighted by Crippen LogP contribution is -2.31. The summed E-state index contributed by atoms with van der Waals surface area (Å²) in [6, 6.07) is 11.5. The van der Waals surface area contributed by atoms with E-state index in [1.807, 2.05) is 18.2 Å². The van der Waals surface area contributed by atoms with Crippen LogP contribution in [0, 0.1) is 12.7 Å². The molecule has 1 aromatic heterocycles. The number of ether oxygens (including phenoxy) is 2. The summed E-state index contributed by atoms with van der Waals surface area (Å²) in [6.07, 6.45) is 1.74. The third-order valence-electron chi connectivity index (χ3n) is 5.34. The number of hydrogen-bond donors (Lipinski definition) is 0. The van der Waals surface area contributed by atoms with Crippen LogP contribution in [0.2, 0.25) is 0 Å². The van der Waals surface area contributed by atoms with Crippen molar-refractivity contribution >= 4 is 5.91 Å². The van der Waals surface area contributed by atoms with Gasteiger partial charge in [-0.15, -0.1) is 5.10 Å². The van der Waals surface area contributed by atoms with Crippen LogP contribution in [0.1, 0.15) is 40.9 Å². The third-order valence-corrected chi connectivity index (χ3v) is 5.34. The summed E-state index contributed by atoms with van der Waals surface area (Å²) >= 11 is 0. The predicted molar refractivity (Wildman–Crippen MR) is 109 cm³/mol. The lowest BCUT2D eigenvalue weighted by atomic mass is 10.0. The van der Waals surface area contributed by atoms with Gasteiger partial charge in [-0.1, -0.05) is 6.07 Å². The summed E-state index contributed by atoms with van der Waals surface area (Å²) in [5.41, 5.74) is 1.63. The Balaban J connectivity index is 1.61. The van der Waals surface area contributed by atoms with E-state index in [4.69, 9.17) is 9.47 Å². The van der Waals surface area contributed by atoms with Gasteiger partial charge >= 0.3 is 0 Å². The second-order valence-electron chi connectivity index (χ2n) is 7.14. The second kappa shape index (κ2) is 8.14. The van der Waals surface area contributed by atoms with E-state index in [0.29, 0.717) is 29.6 Å². The molecule has 0 spiro atoms. The first-order valence-electron chi connectivity index (χ1n) is 9.74. The lowest BCUT2D eigenvalue weighted by Gasteiger charge is -2.24. The van der Waals surface area contributed by atoms with Crippen molar-refractivity contribution in [2.24, 2.45) is 0 Å². The molecular formula is C22H23FN4O3. The van der Waals surface area contributed by atoms with Crippen LogP contribution in [-0.4, -0.2) is 46.3 Å². The third kappa shape index (κ3) is 3.60. The highest BCUT2D eigenvalue weighted by Gasteiger charge is 2.33. The highest BCUT2D eigenvalue weighted by atomic mass is 19.1. The molecule has 0 radical (unpaired) electrons. The van der Waals surface area contributed by atoms with E-state index in [1.54, 1.807) is 42.9 Å². The number of aryl methyl sites for hydroxylation is 1. The molecule has 1 atom stereocenters. The molecule has 0 aliphatic carbocycles. The Morgan fingerprint density at radius 3 is 2.53 bits per heavy atom. The molecular weight excluding hydrogens is 387 g/mol. The van der Waals surface area contributed by atoms with Crippen molar-refractivity contribution in [1.29, 1.82) is 0 Å². The minimum absolute atomic E-state index is 0.0876. The number of carbonyl (C=O) groups is 1. The fraction of sp³-hybridized carbons (Fsp3) is 0.318. The van der Waals surface area contributed by atoms with E-state index >= 15 is 0 Å². The molecule has 4 rings (SSSR count). The Labute approximate surface area is 174 Å². The van der Waals surface area contributed by atoms with Crippen molar-refractivity contribution in [2.45, 2.75) is 25.8 Å². The number of hydrogen-bond acceptors (Lipinski definition) is 5. The Hall–Kier alpha value is -3.42. The number of rotatable bonds is 5. The molecule has 1 saturated heterocycles. The smallest absolute Gasteiger partial charge is 0.294 e. The first-order valence-corrected chi connectivity index (χ1v) is 9.74. The van der Waals surface area contributed by atoms with Crippen LogP contribution in [0.25, 0.3) is 5.69 Å². The van der Waals surface area contributed by atoms with Gasteiger partial charge in [0.1, 0.15) is 11.6 Å². The Morgan fingerprint density at radius 2 is 1.83 bits per heavy atom. The molecule has 0 N–H and O–H groups in total. The van der Waals surface area contributed by atoms with Crippen molar-refractivity contribution in [3.63, 3.8) is 0 Å². The van der Waals surface area contributed by atoms with Gasteiger partial charge in [0.25, 0.3) is 5.91 Å². The zero-order valence-electron chi connectivity index (χ0n) is 17.1. The van der Waals surface area contributed by atoms with Gasteiger partial charge in [0.2, 0.25) is 5.82 Å². The Bertz CT molecular complexity index is 1060. The van der Waals surface area contributed by atoms with Crippen LogP contribution in [0.15, 0.2) is 42.5 Å². The topological polar surface area (TPSA) is 69.5 Å². The van der Waals surface area contributed by atoms with Crippen LogP contribution in [0.3, 0.4) is 0 Å². The normalized spacial score (nSPS) is 16.0. The summed E-state index contributed by atoms with van der Waals surface area (Å²) < 4.78 is 25.5. The number of likely N-dealkylation sites (tertiary alicyclic amines) is 1. The van der Waals surface area contributed by atoms with Crippen molar-refractivity contribution in [3.8, 4) is 17.2 Å². The molecule has 7 nitrogen and oxygen atoms in total. The fourth-order valence-electron chi connectivity index (χ4n) is 3.85. The number of nitrogens with zero attached hydrogens (tertiary/aromatic N) is 4. The zero-order valence-corrected chi connectivity index (χ0v) is 17.1. The maximum absolute atomic E-state index is 13.2. The van der Waals surface area contributed by atoms with E-state index in [2.05, 4.69) is 10.1 Å². The highest BCUT2D eigenvalue weighted by Crippen LogP contribution is 2.37. The van der Waals surface area contributed by atoms with Crippen LogP contribution < -0.4 is 9.47 Å². The largest absolute Gasteiger partial charge is 0.493 e. The van der Waals surface area contributed by atoms with Gasteiger partial charge < -0.3 is 14.4 Å². The molecule has 1 fully saturated rings. The highest BCUT2D eigenvalue weighted by molar-refractivity contribution is 5.91. The molecule has 0 bridgehead atoms. The van der Waals surface area contributed by atoms with Crippen molar-refractivity contribution in [3.05, 3.63) is 65.5 Å². The van der Waals surface area contributed by atoms with Gasteiger partial charge in [0, 0.05) is 6.54 Å². The summed E-state index contributed by atoms with van der Waals surface area (Å²) in [5.74, 6) is 1.41. The number of amides is 1. The number of halogens is 1. The maximum Gasteiger partial charge on any atom is 0.294 e. The lowest BCUT2D eigenvalue weighted by molar-refractivity contribution is 0.0723. The minimum atomic E-state index is -0.331. The number of carbonyl (C=O) groups excluding carboxylic acids is 1. The predicted octanol–water partition coefficient (Wildman–Crippen LogP) is 3.71. The molecule has 8 heteroatoms. The molecule has 2 aromatic carbocycles. The standard InChI is InChI=1S/C22H23FN4O3/c1-14-24-21(25-27(14)17-9-7-16(23)8-10-17)22(28)26-12-4-5-18(26)15-6-11-19(29-2)20(13-15)30-3/h6-11,13,18H,4-5,12H2,1-3H3/t18-/m1/s1. The number of methoxy groups -OCH3 is 2. The maximum atomic E-state index is 13.2. The van der Waals surface area contributed by atoms with E-state index in [0.717, 1.165) is 18.4 Å². The SMILES string of the molecule is COc1ccc([C@H]2CCCN2C(=O)c2nc(C)n(-c3ccc(F)cc3)n2)cc1OC. The summed E-state index contributed by atoms with van der Waals surface area (Å²) in [6.45, 7) is 2.39. The molecule has 2 heterocycles. The van der Waals surface area contributed by atoms with Crippen LogP contribution >= 0.6 is 0 Å². The Kier molecular flexibility index (Phi) is 5.39. The zero-order chi connectivity index (χ0) is 21.3. The van der Waals surface area contributed by atoms with Crippen molar-refractivity contribution in [2.75, 3.05) is 20.8 Å². The van der Waals surface area contributed by atoms with Gasteiger partial charge in [-0.3, -0.25) is 4.79 Å². The molecule has 0 saturated carbocycles. The van der Waals surface area contributed by atoms with Gasteiger partial charge in [-0.25, -0.2) is 14.1 Å². The quantitative estimate of drug-likeness (QED) is 0.641.